The van der Waals surface area contributed by atoms with Crippen LogP contribution in [0.5, 0.6) is 5.75 Å². The Morgan fingerprint density at radius 3 is 2.71 bits per heavy atom. The summed E-state index contributed by atoms with van der Waals surface area (Å²) in [4.78, 5) is 12.9. The highest BCUT2D eigenvalue weighted by molar-refractivity contribution is 6.32. The van der Waals surface area contributed by atoms with Crippen molar-refractivity contribution in [3.05, 3.63) is 57.5 Å². The van der Waals surface area contributed by atoms with Crippen LogP contribution in [0.2, 0.25) is 5.02 Å². The number of ether oxygens (including phenoxy) is 1. The second-order valence-electron chi connectivity index (χ2n) is 7.39. The van der Waals surface area contributed by atoms with Crippen molar-refractivity contribution in [3.63, 3.8) is 0 Å². The maximum Gasteiger partial charge on any atom is 0.159 e. The summed E-state index contributed by atoms with van der Waals surface area (Å²) < 4.78 is 5.20. The standard InChI is InChI=1S/C22H21ClN6O2/c1-31-20-5-3-15(11-19(20)23)13-25-21-18-10-14(12-24)2-4-17(18)22(27-26-21)29-8-6-16(28-30)7-9-29/h2-5,10-11,16H,6-9,13H2,1H3,(H,25,26). The molecule has 0 unspecified atom stereocenters. The third kappa shape index (κ3) is 4.37. The first-order chi connectivity index (χ1) is 15.1. The number of methoxy groups -OCH3 is 1. The summed E-state index contributed by atoms with van der Waals surface area (Å²) in [6.07, 6.45) is 1.39. The van der Waals surface area contributed by atoms with E-state index in [0.717, 1.165) is 22.2 Å². The number of piperidine rings is 1. The number of halogens is 1. The summed E-state index contributed by atoms with van der Waals surface area (Å²) in [7, 11) is 1.58. The van der Waals surface area contributed by atoms with E-state index >= 15 is 0 Å². The third-order valence-corrected chi connectivity index (χ3v) is 5.77. The number of anilines is 2. The molecule has 2 heterocycles. The van der Waals surface area contributed by atoms with E-state index in [4.69, 9.17) is 16.3 Å². The predicted octanol–water partition coefficient (Wildman–Crippen LogP) is 4.51. The fourth-order valence-corrected chi connectivity index (χ4v) is 4.04. The maximum atomic E-state index is 10.8. The summed E-state index contributed by atoms with van der Waals surface area (Å²) in [5, 5.41) is 27.0. The second kappa shape index (κ2) is 9.14. The maximum absolute atomic E-state index is 10.8. The molecule has 0 radical (unpaired) electrons. The monoisotopic (exact) mass is 436 g/mol. The lowest BCUT2D eigenvalue weighted by Gasteiger charge is -2.30. The molecule has 0 amide bonds. The zero-order valence-corrected chi connectivity index (χ0v) is 17.8. The van der Waals surface area contributed by atoms with E-state index in [9.17, 15) is 10.2 Å². The van der Waals surface area contributed by atoms with Crippen molar-refractivity contribution < 1.29 is 4.74 Å². The van der Waals surface area contributed by atoms with Gasteiger partial charge in [0.15, 0.2) is 11.6 Å². The molecule has 31 heavy (non-hydrogen) atoms. The van der Waals surface area contributed by atoms with Crippen LogP contribution in [0.25, 0.3) is 10.8 Å². The van der Waals surface area contributed by atoms with Crippen LogP contribution >= 0.6 is 11.6 Å². The molecule has 1 N–H and O–H groups in total. The van der Waals surface area contributed by atoms with Crippen molar-refractivity contribution in [2.24, 2.45) is 5.18 Å². The van der Waals surface area contributed by atoms with Gasteiger partial charge in [0.1, 0.15) is 5.75 Å². The van der Waals surface area contributed by atoms with Gasteiger partial charge in [-0.05, 0) is 48.7 Å². The van der Waals surface area contributed by atoms with Gasteiger partial charge in [-0.25, -0.2) is 0 Å². The molecule has 0 atom stereocenters. The van der Waals surface area contributed by atoms with Gasteiger partial charge in [-0.15, -0.1) is 10.2 Å². The number of hydrogen-bond acceptors (Lipinski definition) is 8. The molecule has 0 saturated carbocycles. The van der Waals surface area contributed by atoms with Gasteiger partial charge in [0.25, 0.3) is 0 Å². The molecule has 4 rings (SSSR count). The quantitative estimate of drug-likeness (QED) is 0.567. The fourth-order valence-electron chi connectivity index (χ4n) is 3.76. The Kier molecular flexibility index (Phi) is 6.14. The van der Waals surface area contributed by atoms with Gasteiger partial charge in [0.2, 0.25) is 0 Å². The zero-order chi connectivity index (χ0) is 21.8. The second-order valence-corrected chi connectivity index (χ2v) is 7.80. The van der Waals surface area contributed by atoms with Gasteiger partial charge in [0, 0.05) is 30.4 Å². The van der Waals surface area contributed by atoms with Crippen LogP contribution in [-0.4, -0.2) is 36.4 Å². The lowest BCUT2D eigenvalue weighted by molar-refractivity contribution is 0.415. The lowest BCUT2D eigenvalue weighted by atomic mass is 10.0. The van der Waals surface area contributed by atoms with E-state index in [-0.39, 0.29) is 6.04 Å². The summed E-state index contributed by atoms with van der Waals surface area (Å²) >= 11 is 6.22. The highest BCUT2D eigenvalue weighted by Crippen LogP contribution is 2.32. The van der Waals surface area contributed by atoms with E-state index in [1.165, 1.54) is 0 Å². The summed E-state index contributed by atoms with van der Waals surface area (Å²) in [6.45, 7) is 1.87. The average Bonchev–Trinajstić information content (AvgIpc) is 2.82. The minimum atomic E-state index is -0.141. The topological polar surface area (TPSA) is 104 Å². The zero-order valence-electron chi connectivity index (χ0n) is 17.0. The number of rotatable bonds is 6. The Labute approximate surface area is 184 Å². The van der Waals surface area contributed by atoms with Gasteiger partial charge in [-0.3, -0.25) is 0 Å². The van der Waals surface area contributed by atoms with Crippen LogP contribution in [-0.2, 0) is 6.54 Å². The summed E-state index contributed by atoms with van der Waals surface area (Å²) in [5.41, 5.74) is 1.51. The van der Waals surface area contributed by atoms with Crippen LogP contribution in [0.3, 0.4) is 0 Å². The van der Waals surface area contributed by atoms with Crippen molar-refractivity contribution in [1.29, 1.82) is 5.26 Å². The molecule has 1 aliphatic heterocycles. The van der Waals surface area contributed by atoms with Crippen molar-refractivity contribution in [3.8, 4) is 11.8 Å². The normalized spacial score (nSPS) is 14.3. The molecule has 0 bridgehead atoms. The minimum absolute atomic E-state index is 0.141. The Morgan fingerprint density at radius 2 is 2.03 bits per heavy atom. The number of aromatic nitrogens is 2. The largest absolute Gasteiger partial charge is 0.495 e. The summed E-state index contributed by atoms with van der Waals surface area (Å²) in [6, 6.07) is 13.1. The van der Waals surface area contributed by atoms with Gasteiger partial charge < -0.3 is 15.0 Å². The van der Waals surface area contributed by atoms with Gasteiger partial charge in [0.05, 0.1) is 29.8 Å². The van der Waals surface area contributed by atoms with E-state index in [1.54, 1.807) is 13.2 Å². The van der Waals surface area contributed by atoms with Crippen molar-refractivity contribution in [2.75, 3.05) is 30.4 Å². The minimum Gasteiger partial charge on any atom is -0.495 e. The van der Waals surface area contributed by atoms with E-state index in [0.29, 0.717) is 54.6 Å². The number of benzene rings is 2. The Hall–Kier alpha value is -3.44. The molecular formula is C22H21ClN6O2. The smallest absolute Gasteiger partial charge is 0.159 e. The van der Waals surface area contributed by atoms with Crippen molar-refractivity contribution in [1.82, 2.24) is 10.2 Å². The Morgan fingerprint density at radius 1 is 1.23 bits per heavy atom. The van der Waals surface area contributed by atoms with Crippen LogP contribution in [0.4, 0.5) is 11.6 Å². The molecule has 158 valence electrons. The number of nitrogens with zero attached hydrogens (tertiary/aromatic N) is 5. The molecule has 0 spiro atoms. The van der Waals surface area contributed by atoms with Gasteiger partial charge in [-0.1, -0.05) is 22.8 Å². The van der Waals surface area contributed by atoms with Gasteiger partial charge in [-0.2, -0.15) is 10.2 Å². The Balaban J connectivity index is 1.64. The van der Waals surface area contributed by atoms with Crippen molar-refractivity contribution >= 4 is 34.0 Å². The molecule has 3 aromatic rings. The SMILES string of the molecule is COc1ccc(CNc2nnc(N3CCC(N=O)CC3)c3ccc(C#N)cc23)cc1Cl. The number of fused-ring (bicyclic) bond motifs is 1. The first-order valence-electron chi connectivity index (χ1n) is 9.97. The summed E-state index contributed by atoms with van der Waals surface area (Å²) in [5.74, 6) is 1.96. The van der Waals surface area contributed by atoms with Crippen LogP contribution in [0.15, 0.2) is 41.6 Å². The molecule has 1 fully saturated rings. The number of nitriles is 1. The lowest BCUT2D eigenvalue weighted by Crippen LogP contribution is -2.36. The van der Waals surface area contributed by atoms with E-state index < -0.39 is 0 Å². The highest BCUT2D eigenvalue weighted by Gasteiger charge is 2.23. The van der Waals surface area contributed by atoms with E-state index in [2.05, 4.69) is 31.7 Å². The molecular weight excluding hydrogens is 416 g/mol. The number of hydrogen-bond donors (Lipinski definition) is 1. The van der Waals surface area contributed by atoms with Crippen LogP contribution in [0, 0.1) is 16.2 Å². The predicted molar refractivity (Wildman–Crippen MR) is 121 cm³/mol. The number of nitrogens with one attached hydrogen (secondary N) is 1. The molecule has 1 saturated heterocycles. The molecule has 0 aliphatic carbocycles. The van der Waals surface area contributed by atoms with Gasteiger partial charge >= 0.3 is 0 Å². The molecule has 1 aromatic heterocycles. The van der Waals surface area contributed by atoms with Crippen LogP contribution < -0.4 is 15.0 Å². The van der Waals surface area contributed by atoms with E-state index in [1.807, 2.05) is 30.3 Å². The van der Waals surface area contributed by atoms with Crippen LogP contribution in [0.1, 0.15) is 24.0 Å². The first-order valence-corrected chi connectivity index (χ1v) is 10.3. The number of nitroso groups, excluding NO2 is 1. The van der Waals surface area contributed by atoms with Crippen molar-refractivity contribution in [2.45, 2.75) is 25.4 Å². The third-order valence-electron chi connectivity index (χ3n) is 5.48. The fraction of sp³-hybridized carbons (Fsp3) is 0.318. The first kappa shape index (κ1) is 20.8. The average molecular weight is 437 g/mol. The molecule has 1 aliphatic rings. The molecule has 2 aromatic carbocycles. The molecule has 8 nitrogen and oxygen atoms in total. The highest BCUT2D eigenvalue weighted by atomic mass is 35.5. The molecule has 9 heteroatoms. The Bertz CT molecular complexity index is 1150.